The third-order valence-electron chi connectivity index (χ3n) is 3.28. The van der Waals surface area contributed by atoms with Gasteiger partial charge in [-0.25, -0.2) is 4.79 Å². The number of rotatable bonds is 11. The van der Waals surface area contributed by atoms with Gasteiger partial charge in [0.1, 0.15) is 6.61 Å². The summed E-state index contributed by atoms with van der Waals surface area (Å²) in [6.07, 6.45) is 6.94. The predicted molar refractivity (Wildman–Crippen MR) is 77.7 cm³/mol. The Balaban J connectivity index is 4.27. The zero-order chi connectivity index (χ0) is 14.7. The number of unbranched alkanes of at least 4 members (excludes halogenated alkanes) is 2. The second kappa shape index (κ2) is 9.98. The van der Waals surface area contributed by atoms with Crippen molar-refractivity contribution in [3.8, 4) is 0 Å². The summed E-state index contributed by atoms with van der Waals surface area (Å²) in [7, 11) is 0. The summed E-state index contributed by atoms with van der Waals surface area (Å²) < 4.78 is 4.85. The van der Waals surface area contributed by atoms with Gasteiger partial charge in [-0.15, -0.1) is 0 Å². The van der Waals surface area contributed by atoms with Crippen LogP contribution in [-0.2, 0) is 9.53 Å². The van der Waals surface area contributed by atoms with Crippen LogP contribution >= 0.6 is 0 Å². The summed E-state index contributed by atoms with van der Waals surface area (Å²) in [6.45, 7) is 7.56. The smallest absolute Gasteiger partial charge is 0.330 e. The van der Waals surface area contributed by atoms with Crippen LogP contribution in [0, 0.1) is 0 Å². The number of aliphatic hydroxyl groups is 1. The standard InChI is InChI=1S/C15H29NO3/c1-4-7-9-15(16,10-8-5-2)11-13(17)12-19-14(18)6-3/h6,13,17H,3-5,7-12,16H2,1-2H3. The number of ether oxygens (including phenoxy) is 1. The first-order valence-electron chi connectivity index (χ1n) is 7.23. The van der Waals surface area contributed by atoms with Gasteiger partial charge >= 0.3 is 5.97 Å². The van der Waals surface area contributed by atoms with E-state index in [1.807, 2.05) is 0 Å². The molecule has 4 heteroatoms. The quantitative estimate of drug-likeness (QED) is 0.447. The van der Waals surface area contributed by atoms with Gasteiger partial charge in [0.25, 0.3) is 0 Å². The van der Waals surface area contributed by atoms with E-state index < -0.39 is 12.1 Å². The minimum absolute atomic E-state index is 0.0119. The molecule has 1 atom stereocenters. The molecule has 112 valence electrons. The number of hydrogen-bond donors (Lipinski definition) is 2. The Morgan fingerprint density at radius 2 is 1.89 bits per heavy atom. The van der Waals surface area contributed by atoms with Crippen LogP contribution in [0.15, 0.2) is 12.7 Å². The van der Waals surface area contributed by atoms with E-state index in [2.05, 4.69) is 20.4 Å². The van der Waals surface area contributed by atoms with E-state index >= 15 is 0 Å². The average Bonchev–Trinajstić information content (AvgIpc) is 2.40. The van der Waals surface area contributed by atoms with Crippen LogP contribution in [0.5, 0.6) is 0 Å². The second-order valence-electron chi connectivity index (χ2n) is 5.26. The molecule has 0 saturated carbocycles. The summed E-state index contributed by atoms with van der Waals surface area (Å²) in [5.74, 6) is -0.510. The molecule has 3 N–H and O–H groups in total. The number of carbonyl (C=O) groups excluding carboxylic acids is 1. The topological polar surface area (TPSA) is 72.5 Å². The van der Waals surface area contributed by atoms with Crippen molar-refractivity contribution in [3.05, 3.63) is 12.7 Å². The summed E-state index contributed by atoms with van der Waals surface area (Å²) in [6, 6.07) is 0. The molecule has 0 radical (unpaired) electrons. The van der Waals surface area contributed by atoms with Crippen molar-refractivity contribution in [2.45, 2.75) is 70.4 Å². The maximum atomic E-state index is 10.9. The van der Waals surface area contributed by atoms with Gasteiger partial charge in [0.2, 0.25) is 0 Å². The van der Waals surface area contributed by atoms with E-state index in [9.17, 15) is 9.90 Å². The van der Waals surface area contributed by atoms with Crippen LogP contribution in [0.25, 0.3) is 0 Å². The predicted octanol–water partition coefficient (Wildman–Crippen LogP) is 2.54. The monoisotopic (exact) mass is 271 g/mol. The molecule has 0 bridgehead atoms. The molecule has 0 aliphatic rings. The van der Waals surface area contributed by atoms with E-state index in [1.165, 1.54) is 0 Å². The lowest BCUT2D eigenvalue weighted by atomic mass is 9.83. The highest BCUT2D eigenvalue weighted by Gasteiger charge is 2.27. The molecule has 4 nitrogen and oxygen atoms in total. The van der Waals surface area contributed by atoms with Crippen LogP contribution in [-0.4, -0.2) is 29.3 Å². The van der Waals surface area contributed by atoms with Crippen molar-refractivity contribution in [2.75, 3.05) is 6.61 Å². The first-order valence-corrected chi connectivity index (χ1v) is 7.23. The molecule has 19 heavy (non-hydrogen) atoms. The van der Waals surface area contributed by atoms with Crippen LogP contribution in [0.3, 0.4) is 0 Å². The van der Waals surface area contributed by atoms with Gasteiger partial charge in [-0.2, -0.15) is 0 Å². The van der Waals surface area contributed by atoms with Crippen LogP contribution < -0.4 is 5.73 Å². The molecule has 0 spiro atoms. The number of hydrogen-bond acceptors (Lipinski definition) is 4. The van der Waals surface area contributed by atoms with E-state index in [1.54, 1.807) is 0 Å². The van der Waals surface area contributed by atoms with Crippen LogP contribution in [0.4, 0.5) is 0 Å². The first kappa shape index (κ1) is 18.1. The molecular weight excluding hydrogens is 242 g/mol. The summed E-state index contributed by atoms with van der Waals surface area (Å²) in [5.41, 5.74) is 6.03. The third kappa shape index (κ3) is 8.78. The van der Waals surface area contributed by atoms with Crippen molar-refractivity contribution in [1.82, 2.24) is 0 Å². The molecule has 1 unspecified atom stereocenters. The van der Waals surface area contributed by atoms with Gasteiger partial charge in [-0.1, -0.05) is 46.1 Å². The number of aliphatic hydroxyl groups excluding tert-OH is 1. The van der Waals surface area contributed by atoms with Crippen LogP contribution in [0.1, 0.15) is 58.8 Å². The van der Waals surface area contributed by atoms with Crippen molar-refractivity contribution in [1.29, 1.82) is 0 Å². The average molecular weight is 271 g/mol. The van der Waals surface area contributed by atoms with Crippen molar-refractivity contribution in [2.24, 2.45) is 5.73 Å². The van der Waals surface area contributed by atoms with Crippen molar-refractivity contribution < 1.29 is 14.6 Å². The van der Waals surface area contributed by atoms with E-state index in [0.717, 1.165) is 44.6 Å². The lowest BCUT2D eigenvalue weighted by Gasteiger charge is -2.31. The highest BCUT2D eigenvalue weighted by atomic mass is 16.5. The third-order valence-corrected chi connectivity index (χ3v) is 3.28. The molecule has 0 aromatic rings. The molecule has 0 rings (SSSR count). The maximum absolute atomic E-state index is 10.9. The minimum Gasteiger partial charge on any atom is -0.460 e. The lowest BCUT2D eigenvalue weighted by Crippen LogP contribution is -2.44. The molecule has 0 saturated heterocycles. The molecule has 0 aromatic heterocycles. The van der Waals surface area contributed by atoms with Gasteiger partial charge in [-0.3, -0.25) is 0 Å². The van der Waals surface area contributed by atoms with Gasteiger partial charge in [-0.05, 0) is 19.3 Å². The largest absolute Gasteiger partial charge is 0.460 e. The van der Waals surface area contributed by atoms with Crippen molar-refractivity contribution in [3.63, 3.8) is 0 Å². The normalized spacial score (nSPS) is 13.1. The minimum atomic E-state index is -0.706. The first-order chi connectivity index (χ1) is 8.97. The zero-order valence-electron chi connectivity index (χ0n) is 12.4. The Morgan fingerprint density at radius 3 is 2.32 bits per heavy atom. The highest BCUT2D eigenvalue weighted by molar-refractivity contribution is 5.81. The molecule has 0 aromatic carbocycles. The molecule has 0 heterocycles. The Hall–Kier alpha value is -0.870. The Labute approximate surface area is 117 Å². The number of nitrogens with two attached hydrogens (primary N) is 1. The van der Waals surface area contributed by atoms with Gasteiger partial charge in [0, 0.05) is 11.6 Å². The summed E-state index contributed by atoms with van der Waals surface area (Å²) in [4.78, 5) is 10.9. The summed E-state index contributed by atoms with van der Waals surface area (Å²) >= 11 is 0. The molecule has 0 amide bonds. The van der Waals surface area contributed by atoms with Gasteiger partial charge < -0.3 is 15.6 Å². The Kier molecular flexibility index (Phi) is 9.53. The molecule has 0 fully saturated rings. The molecular formula is C15H29NO3. The fraction of sp³-hybridized carbons (Fsp3) is 0.800. The number of carbonyl (C=O) groups is 1. The van der Waals surface area contributed by atoms with E-state index in [4.69, 9.17) is 10.5 Å². The second-order valence-corrected chi connectivity index (χ2v) is 5.26. The molecule has 0 aliphatic carbocycles. The van der Waals surface area contributed by atoms with Crippen molar-refractivity contribution >= 4 is 5.97 Å². The van der Waals surface area contributed by atoms with Gasteiger partial charge in [0.15, 0.2) is 0 Å². The van der Waals surface area contributed by atoms with E-state index in [-0.39, 0.29) is 12.1 Å². The Morgan fingerprint density at radius 1 is 1.37 bits per heavy atom. The fourth-order valence-electron chi connectivity index (χ4n) is 2.15. The van der Waals surface area contributed by atoms with Crippen LogP contribution in [0.2, 0.25) is 0 Å². The maximum Gasteiger partial charge on any atom is 0.330 e. The fourth-order valence-corrected chi connectivity index (χ4v) is 2.15. The van der Waals surface area contributed by atoms with Gasteiger partial charge in [0.05, 0.1) is 6.10 Å². The summed E-state index contributed by atoms with van der Waals surface area (Å²) in [5, 5.41) is 9.94. The SMILES string of the molecule is C=CC(=O)OCC(O)CC(N)(CCCC)CCCC. The molecule has 0 aliphatic heterocycles. The number of esters is 1. The Bertz CT molecular complexity index is 258. The zero-order valence-corrected chi connectivity index (χ0v) is 12.4. The highest BCUT2D eigenvalue weighted by Crippen LogP contribution is 2.24. The van der Waals surface area contributed by atoms with E-state index in [0.29, 0.717) is 6.42 Å². The lowest BCUT2D eigenvalue weighted by molar-refractivity contribution is -0.141.